The summed E-state index contributed by atoms with van der Waals surface area (Å²) in [6.07, 6.45) is 36.7. The highest BCUT2D eigenvalue weighted by molar-refractivity contribution is 6.19. The van der Waals surface area contributed by atoms with E-state index in [4.69, 9.17) is 43.4 Å². The van der Waals surface area contributed by atoms with Gasteiger partial charge in [0.2, 0.25) is 17.8 Å². The van der Waals surface area contributed by atoms with E-state index in [2.05, 4.69) is 16.0 Å². The molecule has 3 N–H and O–H groups in total. The van der Waals surface area contributed by atoms with Gasteiger partial charge in [0.15, 0.2) is 0 Å². The normalized spacial score (nSPS) is 17.7. The second kappa shape index (κ2) is 37.3. The summed E-state index contributed by atoms with van der Waals surface area (Å²) < 4.78 is 34.7. The average molecular weight is 1290 g/mol. The Kier molecular flexibility index (Phi) is 27.9. The minimum atomic E-state index is -0.697. The molecular formula is C76H100N6O12. The van der Waals surface area contributed by atoms with Crippen molar-refractivity contribution in [1.29, 1.82) is 0 Å². The fraction of sp³-hybridized carbons (Fsp3) is 0.566. The zero-order valence-corrected chi connectivity index (χ0v) is 54.3. The fourth-order valence-corrected chi connectivity index (χ4v) is 13.8. The fourth-order valence-electron chi connectivity index (χ4n) is 13.8. The van der Waals surface area contributed by atoms with E-state index in [0.717, 1.165) is 154 Å². The summed E-state index contributed by atoms with van der Waals surface area (Å²) in [5.41, 5.74) is 3.03. The average Bonchev–Trinajstić information content (AvgIpc) is 1.33. The number of nitrogens with one attached hydrogen (secondary N) is 3. The van der Waals surface area contributed by atoms with Gasteiger partial charge in [0.1, 0.15) is 16.7 Å². The lowest BCUT2D eigenvalue weighted by Crippen LogP contribution is -2.24. The molecular weight excluding hydrogens is 1190 g/mol. The molecule has 6 aliphatic rings. The largest absolute Gasteiger partial charge is 0.462 e. The van der Waals surface area contributed by atoms with Crippen LogP contribution in [0.3, 0.4) is 0 Å². The van der Waals surface area contributed by atoms with Crippen molar-refractivity contribution in [2.45, 2.75) is 200 Å². The maximum absolute atomic E-state index is 13.7. The van der Waals surface area contributed by atoms with Crippen LogP contribution in [-0.4, -0.2) is 90.4 Å². The number of esters is 6. The van der Waals surface area contributed by atoms with Crippen LogP contribution in [0.4, 0.5) is 34.9 Å². The van der Waals surface area contributed by atoms with Crippen molar-refractivity contribution >= 4 is 89.0 Å². The highest BCUT2D eigenvalue weighted by atomic mass is 16.6. The maximum Gasteiger partial charge on any atom is 0.345 e. The van der Waals surface area contributed by atoms with Crippen molar-refractivity contribution in [2.75, 3.05) is 55.6 Å². The molecule has 6 saturated carbocycles. The van der Waals surface area contributed by atoms with Crippen LogP contribution in [0.2, 0.25) is 0 Å². The zero-order valence-electron chi connectivity index (χ0n) is 54.3. The Balaban J connectivity index is 0.0000104. The smallest absolute Gasteiger partial charge is 0.345 e. The monoisotopic (exact) mass is 1290 g/mol. The second-order valence-corrected chi connectivity index (χ2v) is 26.8. The number of hydrogen-bond donors (Lipinski definition) is 3. The van der Waals surface area contributed by atoms with Crippen LogP contribution in [0.15, 0.2) is 89.5 Å². The molecule has 0 aliphatic heterocycles. The van der Waals surface area contributed by atoms with Crippen LogP contribution in [0.25, 0.3) is 18.2 Å². The SMILES string of the molecule is C.O=C(OCC1CCCCC1)C(=Cc1ccc(Nc2nc(Nc3ccc(C=C(C(=O)OCC4CCCCC4)C(=O)OCC4CCCCC4)cc3)nc(Nc3ccc(C=C(C(=O)OCC4CCCCC4)C(=O)OCC4CCCCC4)cc3)n2)cc1)C(=O)OCC1CCCCC1. The summed E-state index contributed by atoms with van der Waals surface area (Å²) in [4.78, 5) is 96.4. The highest BCUT2D eigenvalue weighted by Crippen LogP contribution is 2.32. The first-order valence-electron chi connectivity index (χ1n) is 35.1. The number of benzene rings is 3. The number of rotatable bonds is 27. The topological polar surface area (TPSA) is 233 Å². The lowest BCUT2D eigenvalue weighted by Gasteiger charge is -2.22. The van der Waals surface area contributed by atoms with E-state index >= 15 is 0 Å². The van der Waals surface area contributed by atoms with E-state index in [-0.39, 0.29) is 117 Å². The summed E-state index contributed by atoms with van der Waals surface area (Å²) in [5, 5.41) is 9.86. The Morgan fingerprint density at radius 1 is 0.287 bits per heavy atom. The molecule has 6 aliphatic carbocycles. The summed E-state index contributed by atoms with van der Waals surface area (Å²) in [7, 11) is 0. The van der Waals surface area contributed by atoms with Gasteiger partial charge in [-0.2, -0.15) is 15.0 Å². The van der Waals surface area contributed by atoms with E-state index in [1.807, 2.05) is 0 Å². The van der Waals surface area contributed by atoms with Gasteiger partial charge in [-0.1, -0.05) is 159 Å². The molecule has 4 aromatic rings. The van der Waals surface area contributed by atoms with Gasteiger partial charge in [0.05, 0.1) is 39.6 Å². The molecule has 3 aromatic carbocycles. The third-order valence-corrected chi connectivity index (χ3v) is 19.4. The van der Waals surface area contributed by atoms with Gasteiger partial charge < -0.3 is 44.4 Å². The van der Waals surface area contributed by atoms with Crippen LogP contribution in [0.1, 0.15) is 217 Å². The number of carbonyl (C=O) groups is 6. The molecule has 18 heteroatoms. The standard InChI is InChI=1S/C75H96N6O12.CH4/c82-67(88-46-55-19-7-1-8-20-55)64(68(83)89-47-56-21-9-2-10-22-56)43-52-31-37-61(38-32-52)76-73-79-74(77-62-39-33-53(34-40-62)44-65(69(84)90-48-57-23-11-3-12-24-57)70(85)91-49-58-25-13-4-14-26-58)81-75(80-73)78-63-41-35-54(36-42-63)45-66(71(86)92-50-59-27-15-5-16-28-59)72(87)93-51-60-29-17-6-18-30-60;/h31-45,55-60H,1-30,46-51H2,(H3,76,77,78,79,80,81);1H4. The number of carbonyl (C=O) groups excluding carboxylic acids is 6. The van der Waals surface area contributed by atoms with E-state index in [9.17, 15) is 28.8 Å². The Hall–Kier alpha value is -7.89. The molecule has 0 radical (unpaired) electrons. The third kappa shape index (κ3) is 22.7. The van der Waals surface area contributed by atoms with Gasteiger partial charge >= 0.3 is 35.8 Å². The molecule has 18 nitrogen and oxygen atoms in total. The van der Waals surface area contributed by atoms with Crippen molar-refractivity contribution in [2.24, 2.45) is 35.5 Å². The van der Waals surface area contributed by atoms with Crippen LogP contribution >= 0.6 is 0 Å². The molecule has 0 spiro atoms. The molecule has 0 bridgehead atoms. The van der Waals surface area contributed by atoms with Crippen molar-refractivity contribution < 1.29 is 57.2 Å². The van der Waals surface area contributed by atoms with E-state index in [1.54, 1.807) is 72.8 Å². The minimum absolute atomic E-state index is 0. The molecule has 1 heterocycles. The molecule has 0 saturated heterocycles. The Morgan fingerprint density at radius 3 is 0.628 bits per heavy atom. The number of anilines is 6. The second-order valence-electron chi connectivity index (χ2n) is 26.8. The molecule has 6 fully saturated rings. The molecule has 0 amide bonds. The van der Waals surface area contributed by atoms with Gasteiger partial charge in [-0.15, -0.1) is 0 Å². The van der Waals surface area contributed by atoms with Crippen LogP contribution in [0.5, 0.6) is 0 Å². The molecule has 10 rings (SSSR count). The van der Waals surface area contributed by atoms with E-state index in [1.165, 1.54) is 56.8 Å². The van der Waals surface area contributed by atoms with Crippen LogP contribution < -0.4 is 16.0 Å². The molecule has 506 valence electrons. The highest BCUT2D eigenvalue weighted by Gasteiger charge is 2.30. The number of ether oxygens (including phenoxy) is 6. The summed E-state index contributed by atoms with van der Waals surface area (Å²) in [5.74, 6) is -2.12. The molecule has 94 heavy (non-hydrogen) atoms. The van der Waals surface area contributed by atoms with E-state index in [0.29, 0.717) is 33.8 Å². The van der Waals surface area contributed by atoms with Gasteiger partial charge in [-0.25, -0.2) is 28.8 Å². The summed E-state index contributed by atoms with van der Waals surface area (Å²) >= 11 is 0. The lowest BCUT2D eigenvalue weighted by molar-refractivity contribution is -0.150. The number of hydrogen-bond acceptors (Lipinski definition) is 18. The van der Waals surface area contributed by atoms with Gasteiger partial charge in [0, 0.05) is 17.1 Å². The molecule has 1 aromatic heterocycles. The lowest BCUT2D eigenvalue weighted by atomic mass is 9.90. The molecule has 0 atom stereocenters. The Labute approximate surface area is 556 Å². The van der Waals surface area contributed by atoms with Gasteiger partial charge in [-0.3, -0.25) is 0 Å². The first-order valence-corrected chi connectivity index (χ1v) is 35.1. The third-order valence-electron chi connectivity index (χ3n) is 19.4. The molecule has 0 unspecified atom stereocenters. The van der Waals surface area contributed by atoms with Crippen molar-refractivity contribution in [3.63, 3.8) is 0 Å². The van der Waals surface area contributed by atoms with Crippen molar-refractivity contribution in [3.8, 4) is 0 Å². The Morgan fingerprint density at radius 2 is 0.457 bits per heavy atom. The maximum atomic E-state index is 13.7. The van der Waals surface area contributed by atoms with Crippen molar-refractivity contribution in [1.82, 2.24) is 15.0 Å². The quantitative estimate of drug-likeness (QED) is 0.0166. The van der Waals surface area contributed by atoms with Crippen molar-refractivity contribution in [3.05, 3.63) is 106 Å². The zero-order chi connectivity index (χ0) is 64.4. The van der Waals surface area contributed by atoms with Gasteiger partial charge in [-0.05, 0) is 184 Å². The minimum Gasteiger partial charge on any atom is -0.462 e. The summed E-state index contributed by atoms with van der Waals surface area (Å²) in [6.45, 7) is 1.55. The number of aromatic nitrogens is 3. The predicted octanol–water partition coefficient (Wildman–Crippen LogP) is 16.6. The first-order chi connectivity index (χ1) is 45.5. The van der Waals surface area contributed by atoms with Gasteiger partial charge in [0.25, 0.3) is 0 Å². The summed E-state index contributed by atoms with van der Waals surface area (Å²) in [6, 6.07) is 21.3. The number of nitrogens with zero attached hydrogens (tertiary/aromatic N) is 3. The van der Waals surface area contributed by atoms with E-state index < -0.39 is 35.8 Å². The van der Waals surface area contributed by atoms with Crippen LogP contribution in [-0.2, 0) is 57.2 Å². The predicted molar refractivity (Wildman–Crippen MR) is 365 cm³/mol. The Bertz CT molecular complexity index is 2720. The van der Waals surface area contributed by atoms with Crippen LogP contribution in [0, 0.1) is 35.5 Å². The first kappa shape index (κ1) is 70.4.